The van der Waals surface area contributed by atoms with E-state index in [-0.39, 0.29) is 0 Å². The van der Waals surface area contributed by atoms with Crippen LogP contribution in [0.3, 0.4) is 0 Å². The van der Waals surface area contributed by atoms with Crippen molar-refractivity contribution in [3.63, 3.8) is 0 Å². The fraction of sp³-hybridized carbons (Fsp3) is 0.667. The molecule has 1 aromatic rings. The normalized spacial score (nSPS) is 28.3. The molecule has 0 spiro atoms. The van der Waals surface area contributed by atoms with Crippen LogP contribution in [0.4, 0.5) is 0 Å². The Bertz CT molecular complexity index is 426. The second-order valence-corrected chi connectivity index (χ2v) is 6.75. The van der Waals surface area contributed by atoms with Crippen LogP contribution in [0.1, 0.15) is 56.1 Å². The summed E-state index contributed by atoms with van der Waals surface area (Å²) in [6, 6.07) is 10.0. The molecule has 2 aliphatic rings. The smallest absolute Gasteiger partial charge is 0.0236 e. The molecule has 3 rings (SSSR count). The number of nitrogens with two attached hydrogens (primary N) is 1. The summed E-state index contributed by atoms with van der Waals surface area (Å²) in [6.07, 6.45) is 7.19. The maximum atomic E-state index is 5.74. The monoisotopic (exact) mass is 272 g/mol. The molecule has 1 aromatic carbocycles. The Balaban J connectivity index is 1.65. The lowest BCUT2D eigenvalue weighted by molar-refractivity contribution is 0.106. The first-order valence-corrected chi connectivity index (χ1v) is 8.31. The number of hydrogen-bond acceptors (Lipinski definition) is 2. The molecular formula is C18H28N2. The van der Waals surface area contributed by atoms with E-state index in [0.717, 1.165) is 25.0 Å². The maximum Gasteiger partial charge on any atom is 0.0236 e. The Kier molecular flexibility index (Phi) is 4.42. The molecule has 110 valence electrons. The van der Waals surface area contributed by atoms with Gasteiger partial charge in [-0.25, -0.2) is 0 Å². The predicted octanol–water partition coefficient (Wildman–Crippen LogP) is 3.51. The second-order valence-electron chi connectivity index (χ2n) is 6.75. The van der Waals surface area contributed by atoms with E-state index < -0.39 is 0 Å². The number of piperidine rings is 1. The van der Waals surface area contributed by atoms with Gasteiger partial charge in [0.2, 0.25) is 0 Å². The van der Waals surface area contributed by atoms with Crippen molar-refractivity contribution in [1.29, 1.82) is 0 Å². The average molecular weight is 272 g/mol. The average Bonchev–Trinajstić information content (AvgIpc) is 2.97. The molecule has 0 amide bonds. The number of hydrogen-bond donors (Lipinski definition) is 1. The van der Waals surface area contributed by atoms with Gasteiger partial charge in [0.15, 0.2) is 0 Å². The van der Waals surface area contributed by atoms with Crippen molar-refractivity contribution in [3.8, 4) is 0 Å². The van der Waals surface area contributed by atoms with Crippen molar-refractivity contribution in [2.24, 2.45) is 11.7 Å². The van der Waals surface area contributed by atoms with Gasteiger partial charge < -0.3 is 5.73 Å². The highest BCUT2D eigenvalue weighted by molar-refractivity contribution is 5.25. The van der Waals surface area contributed by atoms with Crippen molar-refractivity contribution in [2.75, 3.05) is 13.1 Å². The van der Waals surface area contributed by atoms with E-state index in [2.05, 4.69) is 36.1 Å². The lowest BCUT2D eigenvalue weighted by Crippen LogP contribution is -2.41. The molecule has 1 heterocycles. The summed E-state index contributed by atoms with van der Waals surface area (Å²) in [5.74, 6) is 1.46. The number of fused-ring (bicyclic) bond motifs is 1. The van der Waals surface area contributed by atoms with Gasteiger partial charge in [-0.05, 0) is 61.7 Å². The standard InChI is InChI=1S/C18H28N2/c1-14(12-19)16-9-7-15(8-10-16)13-20-11-3-5-17-4-2-6-18(17)20/h7-10,14,17-18H,2-6,11-13,19H2,1H3. The van der Waals surface area contributed by atoms with Crippen molar-refractivity contribution < 1.29 is 0 Å². The van der Waals surface area contributed by atoms with Crippen LogP contribution in [0.2, 0.25) is 0 Å². The third kappa shape index (κ3) is 2.91. The predicted molar refractivity (Wildman–Crippen MR) is 84.7 cm³/mol. The van der Waals surface area contributed by atoms with Gasteiger partial charge in [0.05, 0.1) is 0 Å². The summed E-state index contributed by atoms with van der Waals surface area (Å²) in [4.78, 5) is 2.74. The largest absolute Gasteiger partial charge is 0.330 e. The van der Waals surface area contributed by atoms with Gasteiger partial charge in [-0.2, -0.15) is 0 Å². The molecule has 0 aromatic heterocycles. The minimum Gasteiger partial charge on any atom is -0.330 e. The van der Waals surface area contributed by atoms with E-state index in [1.54, 1.807) is 0 Å². The lowest BCUT2D eigenvalue weighted by Gasteiger charge is -2.37. The Labute approximate surface area is 123 Å². The molecule has 20 heavy (non-hydrogen) atoms. The molecule has 3 unspecified atom stereocenters. The SMILES string of the molecule is CC(CN)c1ccc(CN2CCCC3CCCC32)cc1. The minimum atomic E-state index is 0.471. The third-order valence-electron chi connectivity index (χ3n) is 5.40. The van der Waals surface area contributed by atoms with Gasteiger partial charge in [-0.3, -0.25) is 4.90 Å². The van der Waals surface area contributed by atoms with Crippen molar-refractivity contribution in [1.82, 2.24) is 4.90 Å². The van der Waals surface area contributed by atoms with Crippen molar-refractivity contribution in [2.45, 2.75) is 57.5 Å². The summed E-state index contributed by atoms with van der Waals surface area (Å²) >= 11 is 0. The summed E-state index contributed by atoms with van der Waals surface area (Å²) in [5, 5.41) is 0. The van der Waals surface area contributed by atoms with Crippen LogP contribution in [-0.2, 0) is 6.54 Å². The molecule has 2 heteroatoms. The quantitative estimate of drug-likeness (QED) is 0.909. The van der Waals surface area contributed by atoms with Gasteiger partial charge in [-0.15, -0.1) is 0 Å². The summed E-state index contributed by atoms with van der Waals surface area (Å²) in [6.45, 7) is 5.36. The fourth-order valence-corrected chi connectivity index (χ4v) is 4.08. The minimum absolute atomic E-state index is 0.471. The molecule has 1 saturated heterocycles. The Morgan fingerprint density at radius 3 is 2.65 bits per heavy atom. The van der Waals surface area contributed by atoms with E-state index in [0.29, 0.717) is 5.92 Å². The van der Waals surface area contributed by atoms with Crippen LogP contribution in [0, 0.1) is 5.92 Å². The highest BCUT2D eigenvalue weighted by atomic mass is 15.2. The maximum absolute atomic E-state index is 5.74. The zero-order valence-electron chi connectivity index (χ0n) is 12.7. The van der Waals surface area contributed by atoms with Crippen LogP contribution >= 0.6 is 0 Å². The third-order valence-corrected chi connectivity index (χ3v) is 5.40. The zero-order chi connectivity index (χ0) is 13.9. The molecule has 2 N–H and O–H groups in total. The van der Waals surface area contributed by atoms with Crippen LogP contribution in [-0.4, -0.2) is 24.0 Å². The molecule has 0 radical (unpaired) electrons. The Morgan fingerprint density at radius 2 is 1.90 bits per heavy atom. The van der Waals surface area contributed by atoms with E-state index in [4.69, 9.17) is 5.73 Å². The molecule has 1 saturated carbocycles. The first kappa shape index (κ1) is 14.1. The van der Waals surface area contributed by atoms with E-state index >= 15 is 0 Å². The van der Waals surface area contributed by atoms with Gasteiger partial charge >= 0.3 is 0 Å². The fourth-order valence-electron chi connectivity index (χ4n) is 4.08. The van der Waals surface area contributed by atoms with Gasteiger partial charge in [0.25, 0.3) is 0 Å². The van der Waals surface area contributed by atoms with Gasteiger partial charge in [0, 0.05) is 12.6 Å². The van der Waals surface area contributed by atoms with Crippen LogP contribution in [0.25, 0.3) is 0 Å². The molecule has 3 atom stereocenters. The summed E-state index contributed by atoms with van der Waals surface area (Å²) < 4.78 is 0. The number of rotatable bonds is 4. The number of nitrogens with zero attached hydrogens (tertiary/aromatic N) is 1. The molecule has 1 aliphatic carbocycles. The Hall–Kier alpha value is -0.860. The molecule has 0 bridgehead atoms. The lowest BCUT2D eigenvalue weighted by atomic mass is 9.91. The van der Waals surface area contributed by atoms with E-state index in [1.807, 2.05) is 0 Å². The highest BCUT2D eigenvalue weighted by Gasteiger charge is 2.34. The van der Waals surface area contributed by atoms with Gasteiger partial charge in [-0.1, -0.05) is 37.6 Å². The topological polar surface area (TPSA) is 29.3 Å². The highest BCUT2D eigenvalue weighted by Crippen LogP contribution is 2.37. The van der Waals surface area contributed by atoms with Crippen LogP contribution in [0.15, 0.2) is 24.3 Å². The second kappa shape index (κ2) is 6.28. The molecule has 1 aliphatic heterocycles. The first-order chi connectivity index (χ1) is 9.78. The zero-order valence-corrected chi connectivity index (χ0v) is 12.7. The summed E-state index contributed by atoms with van der Waals surface area (Å²) in [5.41, 5.74) is 8.57. The van der Waals surface area contributed by atoms with Crippen molar-refractivity contribution >= 4 is 0 Å². The van der Waals surface area contributed by atoms with E-state index in [1.165, 1.54) is 49.8 Å². The molecular weight excluding hydrogens is 244 g/mol. The van der Waals surface area contributed by atoms with Gasteiger partial charge in [0.1, 0.15) is 0 Å². The number of likely N-dealkylation sites (tertiary alicyclic amines) is 1. The van der Waals surface area contributed by atoms with Crippen LogP contribution in [0.5, 0.6) is 0 Å². The first-order valence-electron chi connectivity index (χ1n) is 8.31. The van der Waals surface area contributed by atoms with Crippen LogP contribution < -0.4 is 5.73 Å². The molecule has 2 fully saturated rings. The Morgan fingerprint density at radius 1 is 1.15 bits per heavy atom. The number of benzene rings is 1. The van der Waals surface area contributed by atoms with E-state index in [9.17, 15) is 0 Å². The summed E-state index contributed by atoms with van der Waals surface area (Å²) in [7, 11) is 0. The van der Waals surface area contributed by atoms with Crippen molar-refractivity contribution in [3.05, 3.63) is 35.4 Å². The molecule has 2 nitrogen and oxygen atoms in total.